The van der Waals surface area contributed by atoms with Gasteiger partial charge >= 0.3 is 0 Å². The van der Waals surface area contributed by atoms with Crippen molar-refractivity contribution in [1.29, 1.82) is 0 Å². The fourth-order valence-electron chi connectivity index (χ4n) is 2.06. The third-order valence-electron chi connectivity index (χ3n) is 2.94. The molecule has 0 fully saturated rings. The highest BCUT2D eigenvalue weighted by atomic mass is 19.2. The Hall–Kier alpha value is -1.92. The fraction of sp³-hybridized carbons (Fsp3) is 0.143. The lowest BCUT2D eigenvalue weighted by molar-refractivity contribution is 0.433. The number of halogens is 4. The van der Waals surface area contributed by atoms with Crippen LogP contribution in [-0.2, 0) is 0 Å². The smallest absolute Gasteiger partial charge is 0.194 e. The molecule has 1 atom stereocenters. The van der Waals surface area contributed by atoms with Gasteiger partial charge in [-0.15, -0.1) is 0 Å². The van der Waals surface area contributed by atoms with E-state index in [1.165, 1.54) is 6.07 Å². The van der Waals surface area contributed by atoms with Gasteiger partial charge in [0.05, 0.1) is 6.04 Å². The second-order valence-electron chi connectivity index (χ2n) is 4.43. The Bertz CT molecular complexity index is 623. The summed E-state index contributed by atoms with van der Waals surface area (Å²) >= 11 is 0. The molecular weight excluding hydrogens is 272 g/mol. The SMILES string of the molecule is Cc1cc(F)cc(C(NN)c2ccc(F)c(F)c2F)c1. The van der Waals surface area contributed by atoms with Gasteiger partial charge in [0.25, 0.3) is 0 Å². The van der Waals surface area contributed by atoms with Crippen LogP contribution in [0.1, 0.15) is 22.7 Å². The predicted octanol–water partition coefficient (Wildman–Crippen LogP) is 3.10. The number of nitrogens with one attached hydrogen (secondary N) is 1. The van der Waals surface area contributed by atoms with E-state index in [1.807, 2.05) is 0 Å². The Morgan fingerprint density at radius 1 is 1.00 bits per heavy atom. The van der Waals surface area contributed by atoms with E-state index >= 15 is 0 Å². The number of hydrogen-bond donors (Lipinski definition) is 2. The molecule has 0 aromatic heterocycles. The van der Waals surface area contributed by atoms with Gasteiger partial charge in [-0.2, -0.15) is 0 Å². The van der Waals surface area contributed by atoms with E-state index in [0.717, 1.165) is 18.2 Å². The number of rotatable bonds is 3. The molecule has 0 saturated heterocycles. The third kappa shape index (κ3) is 2.66. The molecule has 0 aliphatic heterocycles. The van der Waals surface area contributed by atoms with Gasteiger partial charge in [0.1, 0.15) is 5.82 Å². The topological polar surface area (TPSA) is 38.0 Å². The molecule has 106 valence electrons. The van der Waals surface area contributed by atoms with Crippen molar-refractivity contribution >= 4 is 0 Å². The molecule has 6 heteroatoms. The average molecular weight is 284 g/mol. The van der Waals surface area contributed by atoms with Crippen LogP contribution in [0.2, 0.25) is 0 Å². The Morgan fingerprint density at radius 2 is 1.70 bits per heavy atom. The van der Waals surface area contributed by atoms with E-state index in [2.05, 4.69) is 5.43 Å². The van der Waals surface area contributed by atoms with Crippen molar-refractivity contribution in [2.45, 2.75) is 13.0 Å². The van der Waals surface area contributed by atoms with Crippen LogP contribution in [0.5, 0.6) is 0 Å². The summed E-state index contributed by atoms with van der Waals surface area (Å²) in [4.78, 5) is 0. The minimum atomic E-state index is -1.59. The van der Waals surface area contributed by atoms with Crippen molar-refractivity contribution in [3.63, 3.8) is 0 Å². The molecule has 0 spiro atoms. The van der Waals surface area contributed by atoms with E-state index < -0.39 is 29.3 Å². The maximum absolute atomic E-state index is 13.8. The standard InChI is InChI=1S/C14H12F4N2/c1-7-4-8(6-9(15)5-7)14(20-19)10-2-3-11(16)13(18)12(10)17/h2-6,14,20H,19H2,1H3. The van der Waals surface area contributed by atoms with Gasteiger partial charge in [-0.25, -0.2) is 23.0 Å². The molecule has 0 bridgehead atoms. The van der Waals surface area contributed by atoms with Crippen LogP contribution in [0.25, 0.3) is 0 Å². The molecule has 1 unspecified atom stereocenters. The van der Waals surface area contributed by atoms with Gasteiger partial charge in [-0.05, 0) is 36.2 Å². The molecule has 2 rings (SSSR count). The molecule has 0 amide bonds. The molecule has 0 aliphatic carbocycles. The van der Waals surface area contributed by atoms with Gasteiger partial charge in [-0.3, -0.25) is 5.84 Å². The predicted molar refractivity (Wildman–Crippen MR) is 66.6 cm³/mol. The highest BCUT2D eigenvalue weighted by molar-refractivity contribution is 5.35. The van der Waals surface area contributed by atoms with Crippen molar-refractivity contribution in [2.24, 2.45) is 5.84 Å². The quantitative estimate of drug-likeness (QED) is 0.393. The van der Waals surface area contributed by atoms with Gasteiger partial charge < -0.3 is 0 Å². The normalized spacial score (nSPS) is 12.5. The van der Waals surface area contributed by atoms with Crippen LogP contribution in [-0.4, -0.2) is 0 Å². The summed E-state index contributed by atoms with van der Waals surface area (Å²) in [5.41, 5.74) is 3.00. The number of hydrazine groups is 1. The molecule has 2 aromatic carbocycles. The fourth-order valence-corrected chi connectivity index (χ4v) is 2.06. The maximum Gasteiger partial charge on any atom is 0.194 e. The van der Waals surface area contributed by atoms with Crippen molar-refractivity contribution in [3.8, 4) is 0 Å². The van der Waals surface area contributed by atoms with E-state index in [4.69, 9.17) is 5.84 Å². The zero-order valence-electron chi connectivity index (χ0n) is 10.6. The highest BCUT2D eigenvalue weighted by Crippen LogP contribution is 2.27. The summed E-state index contributed by atoms with van der Waals surface area (Å²) in [7, 11) is 0. The van der Waals surface area contributed by atoms with Crippen molar-refractivity contribution in [1.82, 2.24) is 5.43 Å². The summed E-state index contributed by atoms with van der Waals surface area (Å²) in [6, 6.07) is 4.90. The Balaban J connectivity index is 2.55. The number of hydrogen-bond acceptors (Lipinski definition) is 2. The van der Waals surface area contributed by atoms with Crippen LogP contribution in [0, 0.1) is 30.2 Å². The zero-order valence-corrected chi connectivity index (χ0v) is 10.6. The van der Waals surface area contributed by atoms with E-state index in [-0.39, 0.29) is 5.56 Å². The molecule has 3 N–H and O–H groups in total. The molecule has 0 aliphatic rings. The number of benzene rings is 2. The zero-order chi connectivity index (χ0) is 14.9. The summed E-state index contributed by atoms with van der Waals surface area (Å²) in [5.74, 6) is 0.581. The summed E-state index contributed by atoms with van der Waals surface area (Å²) in [6.45, 7) is 1.65. The molecule has 0 radical (unpaired) electrons. The first kappa shape index (κ1) is 14.5. The lowest BCUT2D eigenvalue weighted by Gasteiger charge is -2.18. The molecule has 20 heavy (non-hydrogen) atoms. The van der Waals surface area contributed by atoms with Crippen molar-refractivity contribution in [2.75, 3.05) is 0 Å². The van der Waals surface area contributed by atoms with E-state index in [0.29, 0.717) is 11.1 Å². The van der Waals surface area contributed by atoms with Crippen molar-refractivity contribution in [3.05, 3.63) is 70.3 Å². The summed E-state index contributed by atoms with van der Waals surface area (Å²) in [5, 5.41) is 0. The van der Waals surface area contributed by atoms with E-state index in [9.17, 15) is 17.6 Å². The van der Waals surface area contributed by atoms with Crippen LogP contribution < -0.4 is 11.3 Å². The van der Waals surface area contributed by atoms with Gasteiger partial charge in [0.15, 0.2) is 17.5 Å². The highest BCUT2D eigenvalue weighted by Gasteiger charge is 2.22. The molecule has 0 saturated carbocycles. The summed E-state index contributed by atoms with van der Waals surface area (Å²) < 4.78 is 53.4. The Kier molecular flexibility index (Phi) is 4.06. The second-order valence-corrected chi connectivity index (χ2v) is 4.43. The minimum Gasteiger partial charge on any atom is -0.271 e. The lowest BCUT2D eigenvalue weighted by atomic mass is 9.97. The Labute approximate surface area is 113 Å². The van der Waals surface area contributed by atoms with Crippen LogP contribution in [0.4, 0.5) is 17.6 Å². The van der Waals surface area contributed by atoms with Gasteiger partial charge in [0, 0.05) is 5.56 Å². The summed E-state index contributed by atoms with van der Waals surface area (Å²) in [6.07, 6.45) is 0. The van der Waals surface area contributed by atoms with Crippen molar-refractivity contribution < 1.29 is 17.6 Å². The third-order valence-corrected chi connectivity index (χ3v) is 2.94. The molecule has 2 aromatic rings. The first-order chi connectivity index (χ1) is 9.43. The molecular formula is C14H12F4N2. The first-order valence-corrected chi connectivity index (χ1v) is 5.80. The average Bonchev–Trinajstić information content (AvgIpc) is 2.38. The maximum atomic E-state index is 13.8. The van der Waals surface area contributed by atoms with Crippen LogP contribution in [0.15, 0.2) is 30.3 Å². The van der Waals surface area contributed by atoms with Crippen LogP contribution >= 0.6 is 0 Å². The Morgan fingerprint density at radius 3 is 2.30 bits per heavy atom. The minimum absolute atomic E-state index is 0.198. The molecule has 0 heterocycles. The lowest BCUT2D eigenvalue weighted by Crippen LogP contribution is -2.30. The second kappa shape index (κ2) is 5.60. The first-order valence-electron chi connectivity index (χ1n) is 5.80. The van der Waals surface area contributed by atoms with Gasteiger partial charge in [-0.1, -0.05) is 12.1 Å². The van der Waals surface area contributed by atoms with Crippen LogP contribution in [0.3, 0.4) is 0 Å². The van der Waals surface area contributed by atoms with E-state index in [1.54, 1.807) is 13.0 Å². The largest absolute Gasteiger partial charge is 0.271 e. The monoisotopic (exact) mass is 284 g/mol. The van der Waals surface area contributed by atoms with Gasteiger partial charge in [0.2, 0.25) is 0 Å². The number of nitrogens with two attached hydrogens (primary N) is 1. The number of aryl methyl sites for hydroxylation is 1. The molecule has 2 nitrogen and oxygen atoms in total.